The molecule has 4 nitrogen and oxygen atoms in total. The van der Waals surface area contributed by atoms with Gasteiger partial charge in [0.05, 0.1) is 0 Å². The lowest BCUT2D eigenvalue weighted by molar-refractivity contribution is 0.474. The topological polar surface area (TPSA) is 69.0 Å². The van der Waals surface area contributed by atoms with E-state index in [9.17, 15) is 5.11 Å². The van der Waals surface area contributed by atoms with Crippen molar-refractivity contribution in [2.24, 2.45) is 5.11 Å². The fourth-order valence-corrected chi connectivity index (χ4v) is 1.44. The van der Waals surface area contributed by atoms with Gasteiger partial charge in [-0.3, -0.25) is 0 Å². The van der Waals surface area contributed by atoms with Crippen molar-refractivity contribution in [3.63, 3.8) is 0 Å². The summed E-state index contributed by atoms with van der Waals surface area (Å²) < 4.78 is 0. The standard InChI is InChI=1S/C12H13N3O/c1-9-7-11(16)8-10(2)12(9)5-3-4-6-14-15-13/h7-8,16H,4,6H2,1-2H3. The molecule has 0 saturated carbocycles. The third kappa shape index (κ3) is 3.23. The molecule has 1 N–H and O–H groups in total. The Morgan fingerprint density at radius 2 is 2.00 bits per heavy atom. The van der Waals surface area contributed by atoms with E-state index in [4.69, 9.17) is 5.53 Å². The van der Waals surface area contributed by atoms with E-state index >= 15 is 0 Å². The summed E-state index contributed by atoms with van der Waals surface area (Å²) in [5, 5.41) is 12.8. The number of azide groups is 1. The Morgan fingerprint density at radius 1 is 1.38 bits per heavy atom. The van der Waals surface area contributed by atoms with Crippen molar-refractivity contribution in [2.75, 3.05) is 6.54 Å². The van der Waals surface area contributed by atoms with Crippen molar-refractivity contribution in [3.05, 3.63) is 39.3 Å². The quantitative estimate of drug-likeness (QED) is 0.266. The van der Waals surface area contributed by atoms with Crippen LogP contribution >= 0.6 is 0 Å². The summed E-state index contributed by atoms with van der Waals surface area (Å²) in [7, 11) is 0. The maximum absolute atomic E-state index is 9.36. The fourth-order valence-electron chi connectivity index (χ4n) is 1.44. The second-order valence-electron chi connectivity index (χ2n) is 3.46. The monoisotopic (exact) mass is 215 g/mol. The Bertz CT molecular complexity index is 468. The zero-order valence-corrected chi connectivity index (χ0v) is 9.36. The first-order chi connectivity index (χ1) is 7.65. The van der Waals surface area contributed by atoms with Crippen LogP contribution in [0.25, 0.3) is 10.4 Å². The third-order valence-corrected chi connectivity index (χ3v) is 2.13. The van der Waals surface area contributed by atoms with E-state index in [0.717, 1.165) is 16.7 Å². The van der Waals surface area contributed by atoms with Gasteiger partial charge < -0.3 is 5.11 Å². The van der Waals surface area contributed by atoms with Crippen LogP contribution in [-0.4, -0.2) is 11.7 Å². The Labute approximate surface area is 94.5 Å². The average molecular weight is 215 g/mol. The molecular formula is C12H13N3O. The summed E-state index contributed by atoms with van der Waals surface area (Å²) in [5.41, 5.74) is 10.9. The van der Waals surface area contributed by atoms with Gasteiger partial charge in [0.2, 0.25) is 0 Å². The molecule has 0 atom stereocenters. The first-order valence-electron chi connectivity index (χ1n) is 4.95. The van der Waals surface area contributed by atoms with Gasteiger partial charge in [0.25, 0.3) is 0 Å². The summed E-state index contributed by atoms with van der Waals surface area (Å²) >= 11 is 0. The summed E-state index contributed by atoms with van der Waals surface area (Å²) in [6.07, 6.45) is 0.545. The molecule has 0 bridgehead atoms. The molecule has 4 heteroatoms. The van der Waals surface area contributed by atoms with Gasteiger partial charge in [0.1, 0.15) is 5.75 Å². The molecule has 0 fully saturated rings. The van der Waals surface area contributed by atoms with Crippen LogP contribution in [0.2, 0.25) is 0 Å². The Balaban J connectivity index is 2.84. The van der Waals surface area contributed by atoms with E-state index in [1.807, 2.05) is 13.8 Å². The first kappa shape index (κ1) is 12.0. The maximum atomic E-state index is 9.36. The van der Waals surface area contributed by atoms with E-state index < -0.39 is 0 Å². The normalized spacial score (nSPS) is 8.88. The highest BCUT2D eigenvalue weighted by Gasteiger charge is 2.01. The molecule has 0 amide bonds. The van der Waals surface area contributed by atoms with Crippen molar-refractivity contribution >= 4 is 0 Å². The van der Waals surface area contributed by atoms with Gasteiger partial charge in [0.15, 0.2) is 0 Å². The molecule has 1 rings (SSSR count). The highest BCUT2D eigenvalue weighted by molar-refractivity contribution is 5.49. The van der Waals surface area contributed by atoms with Crippen molar-refractivity contribution in [1.82, 2.24) is 0 Å². The van der Waals surface area contributed by atoms with Crippen LogP contribution < -0.4 is 0 Å². The number of aromatic hydroxyl groups is 1. The zero-order chi connectivity index (χ0) is 12.0. The number of aryl methyl sites for hydroxylation is 2. The largest absolute Gasteiger partial charge is 0.508 e. The molecule has 0 aliphatic rings. The summed E-state index contributed by atoms with van der Waals surface area (Å²) in [6.45, 7) is 4.20. The highest BCUT2D eigenvalue weighted by Crippen LogP contribution is 2.19. The molecule has 0 saturated heterocycles. The molecule has 1 aromatic carbocycles. The van der Waals surface area contributed by atoms with E-state index in [2.05, 4.69) is 21.9 Å². The highest BCUT2D eigenvalue weighted by atomic mass is 16.3. The van der Waals surface area contributed by atoms with Crippen molar-refractivity contribution in [1.29, 1.82) is 0 Å². The van der Waals surface area contributed by atoms with E-state index in [1.165, 1.54) is 0 Å². The predicted molar refractivity (Wildman–Crippen MR) is 63.1 cm³/mol. The minimum absolute atomic E-state index is 0.259. The van der Waals surface area contributed by atoms with Gasteiger partial charge in [-0.05, 0) is 42.6 Å². The van der Waals surface area contributed by atoms with Gasteiger partial charge in [-0.1, -0.05) is 17.0 Å². The molecule has 0 aromatic heterocycles. The van der Waals surface area contributed by atoms with Crippen LogP contribution in [0.5, 0.6) is 5.75 Å². The Hall–Kier alpha value is -2.11. The number of phenolic OH excluding ortho intramolecular Hbond substituents is 1. The van der Waals surface area contributed by atoms with Crippen LogP contribution in [0.15, 0.2) is 17.2 Å². The zero-order valence-electron chi connectivity index (χ0n) is 9.36. The predicted octanol–water partition coefficient (Wildman–Crippen LogP) is 3.06. The van der Waals surface area contributed by atoms with E-state index in [-0.39, 0.29) is 5.75 Å². The lowest BCUT2D eigenvalue weighted by Gasteiger charge is -2.03. The summed E-state index contributed by atoms with van der Waals surface area (Å²) in [6, 6.07) is 3.37. The maximum Gasteiger partial charge on any atom is 0.116 e. The van der Waals surface area contributed by atoms with Gasteiger partial charge in [-0.15, -0.1) is 0 Å². The second-order valence-corrected chi connectivity index (χ2v) is 3.46. The molecule has 0 radical (unpaired) electrons. The lowest BCUT2D eigenvalue weighted by Crippen LogP contribution is -1.87. The molecule has 0 heterocycles. The van der Waals surface area contributed by atoms with Gasteiger partial charge in [-0.25, -0.2) is 0 Å². The van der Waals surface area contributed by atoms with Crippen LogP contribution in [0.1, 0.15) is 23.1 Å². The van der Waals surface area contributed by atoms with E-state index in [0.29, 0.717) is 13.0 Å². The van der Waals surface area contributed by atoms with Crippen molar-refractivity contribution in [3.8, 4) is 17.6 Å². The van der Waals surface area contributed by atoms with Crippen LogP contribution in [-0.2, 0) is 0 Å². The number of hydrogen-bond donors (Lipinski definition) is 1. The molecule has 82 valence electrons. The number of nitrogens with zero attached hydrogens (tertiary/aromatic N) is 3. The van der Waals surface area contributed by atoms with Gasteiger partial charge in [0, 0.05) is 23.4 Å². The molecule has 0 aliphatic carbocycles. The minimum atomic E-state index is 0.259. The first-order valence-corrected chi connectivity index (χ1v) is 4.95. The molecular weight excluding hydrogens is 202 g/mol. The van der Waals surface area contributed by atoms with Crippen molar-refractivity contribution < 1.29 is 5.11 Å². The molecule has 16 heavy (non-hydrogen) atoms. The van der Waals surface area contributed by atoms with Crippen molar-refractivity contribution in [2.45, 2.75) is 20.3 Å². The van der Waals surface area contributed by atoms with E-state index in [1.54, 1.807) is 12.1 Å². The number of rotatable bonds is 2. The number of benzene rings is 1. The average Bonchev–Trinajstić information content (AvgIpc) is 2.20. The third-order valence-electron chi connectivity index (χ3n) is 2.13. The second kappa shape index (κ2) is 5.69. The van der Waals surface area contributed by atoms with Crippen LogP contribution in [0.3, 0.4) is 0 Å². The molecule has 0 aliphatic heterocycles. The Kier molecular flexibility index (Phi) is 4.26. The van der Waals surface area contributed by atoms with Gasteiger partial charge >= 0.3 is 0 Å². The number of hydrogen-bond acceptors (Lipinski definition) is 2. The lowest BCUT2D eigenvalue weighted by atomic mass is 10.0. The van der Waals surface area contributed by atoms with Crippen LogP contribution in [0, 0.1) is 25.7 Å². The summed E-state index contributed by atoms with van der Waals surface area (Å²) in [4.78, 5) is 2.65. The Morgan fingerprint density at radius 3 is 2.56 bits per heavy atom. The summed E-state index contributed by atoms with van der Waals surface area (Å²) in [5.74, 6) is 6.22. The van der Waals surface area contributed by atoms with Crippen LogP contribution in [0.4, 0.5) is 0 Å². The molecule has 1 aromatic rings. The molecule has 0 spiro atoms. The number of phenols is 1. The van der Waals surface area contributed by atoms with Gasteiger partial charge in [-0.2, -0.15) is 0 Å². The smallest absolute Gasteiger partial charge is 0.116 e. The minimum Gasteiger partial charge on any atom is -0.508 e. The molecule has 0 unspecified atom stereocenters. The fraction of sp³-hybridized carbons (Fsp3) is 0.333. The SMILES string of the molecule is Cc1cc(O)cc(C)c1C#CCCN=[N+]=[N-].